The third-order valence-corrected chi connectivity index (χ3v) is 9.14. The van der Waals surface area contributed by atoms with E-state index in [0.717, 1.165) is 0 Å². The summed E-state index contributed by atoms with van der Waals surface area (Å²) in [6.07, 6.45) is 0.537. The van der Waals surface area contributed by atoms with E-state index >= 15 is 0 Å². The average molecular weight is 345 g/mol. The van der Waals surface area contributed by atoms with Crippen LogP contribution in [-0.4, -0.2) is 58.4 Å². The van der Waals surface area contributed by atoms with Gasteiger partial charge in [0.2, 0.25) is 10.0 Å². The fourth-order valence-electron chi connectivity index (χ4n) is 3.37. The summed E-state index contributed by atoms with van der Waals surface area (Å²) in [6.45, 7) is 0.402. The Hall–Kier alpha value is -0.960. The minimum absolute atomic E-state index is 0.0284. The maximum absolute atomic E-state index is 12.5. The molecule has 2 heterocycles. The second-order valence-electron chi connectivity index (χ2n) is 5.91. The molecule has 0 bridgehead atoms. The van der Waals surface area contributed by atoms with Crippen LogP contribution in [0.4, 0.5) is 0 Å². The highest BCUT2D eigenvalue weighted by Crippen LogP contribution is 2.46. The molecule has 3 rings (SSSR count). The third kappa shape index (κ3) is 2.20. The predicted octanol–water partition coefficient (Wildman–Crippen LogP) is 0.511. The minimum Gasteiger partial charge on any atom is -0.384 e. The SMILES string of the molecule is COC[C@@H]1CCS(=O)(=O)C12CN(S(=O)(=O)c1ccccc1)C2. The number of nitrogens with zero attached hydrogens (tertiary/aromatic N) is 1. The van der Waals surface area contributed by atoms with Crippen molar-refractivity contribution in [2.75, 3.05) is 32.6 Å². The van der Waals surface area contributed by atoms with Crippen molar-refractivity contribution >= 4 is 19.9 Å². The summed E-state index contributed by atoms with van der Waals surface area (Å²) in [6, 6.07) is 8.10. The Morgan fingerprint density at radius 1 is 1.27 bits per heavy atom. The van der Waals surface area contributed by atoms with Crippen LogP contribution in [0, 0.1) is 5.92 Å². The van der Waals surface area contributed by atoms with Gasteiger partial charge in [0.1, 0.15) is 4.75 Å². The number of sulfone groups is 1. The molecule has 0 aromatic heterocycles. The summed E-state index contributed by atoms with van der Waals surface area (Å²) in [4.78, 5) is 0.198. The molecule has 2 aliphatic heterocycles. The fourth-order valence-corrected chi connectivity index (χ4v) is 7.53. The van der Waals surface area contributed by atoms with E-state index < -0.39 is 24.6 Å². The average Bonchev–Trinajstić information content (AvgIpc) is 2.70. The van der Waals surface area contributed by atoms with Crippen molar-refractivity contribution < 1.29 is 21.6 Å². The first-order chi connectivity index (χ1) is 10.3. The number of hydrogen-bond donors (Lipinski definition) is 0. The number of sulfonamides is 1. The molecule has 0 aliphatic carbocycles. The lowest BCUT2D eigenvalue weighted by Crippen LogP contribution is -2.68. The molecule has 1 aromatic carbocycles. The highest BCUT2D eigenvalue weighted by Gasteiger charge is 2.63. The quantitative estimate of drug-likeness (QED) is 0.794. The number of ether oxygens (including phenoxy) is 1. The lowest BCUT2D eigenvalue weighted by atomic mass is 9.85. The Labute approximate surface area is 131 Å². The first-order valence-corrected chi connectivity index (χ1v) is 10.2. The maximum atomic E-state index is 12.5. The third-order valence-electron chi connectivity index (χ3n) is 4.74. The molecule has 8 heteroatoms. The second-order valence-corrected chi connectivity index (χ2v) is 10.3. The van der Waals surface area contributed by atoms with Crippen molar-refractivity contribution in [2.24, 2.45) is 5.92 Å². The van der Waals surface area contributed by atoms with Gasteiger partial charge in [-0.2, -0.15) is 4.31 Å². The highest BCUT2D eigenvalue weighted by molar-refractivity contribution is 7.93. The van der Waals surface area contributed by atoms with Crippen molar-refractivity contribution in [2.45, 2.75) is 16.1 Å². The molecule has 0 N–H and O–H groups in total. The van der Waals surface area contributed by atoms with Gasteiger partial charge in [-0.05, 0) is 18.6 Å². The molecule has 2 aliphatic rings. The van der Waals surface area contributed by atoms with Gasteiger partial charge in [0.05, 0.1) is 17.3 Å². The Morgan fingerprint density at radius 3 is 2.50 bits per heavy atom. The van der Waals surface area contributed by atoms with Crippen LogP contribution in [0.5, 0.6) is 0 Å². The highest BCUT2D eigenvalue weighted by atomic mass is 32.2. The van der Waals surface area contributed by atoms with Gasteiger partial charge in [0, 0.05) is 26.1 Å². The number of hydrogen-bond acceptors (Lipinski definition) is 5. The largest absolute Gasteiger partial charge is 0.384 e. The first kappa shape index (κ1) is 15.9. The molecular weight excluding hydrogens is 326 g/mol. The molecule has 6 nitrogen and oxygen atoms in total. The zero-order valence-electron chi connectivity index (χ0n) is 12.3. The molecule has 22 heavy (non-hydrogen) atoms. The summed E-state index contributed by atoms with van der Waals surface area (Å²) >= 11 is 0. The van der Waals surface area contributed by atoms with E-state index in [0.29, 0.717) is 13.0 Å². The molecule has 0 radical (unpaired) electrons. The van der Waals surface area contributed by atoms with Gasteiger partial charge in [-0.1, -0.05) is 18.2 Å². The summed E-state index contributed by atoms with van der Waals surface area (Å²) in [5, 5.41) is 0. The van der Waals surface area contributed by atoms with Crippen LogP contribution in [0.15, 0.2) is 35.2 Å². The summed E-state index contributed by atoms with van der Waals surface area (Å²) < 4.78 is 55.2. The van der Waals surface area contributed by atoms with E-state index in [-0.39, 0.29) is 29.7 Å². The number of methoxy groups -OCH3 is 1. The van der Waals surface area contributed by atoms with Crippen molar-refractivity contribution in [3.8, 4) is 0 Å². The van der Waals surface area contributed by atoms with E-state index in [2.05, 4.69) is 0 Å². The Bertz CT molecular complexity index is 752. The Morgan fingerprint density at radius 2 is 1.91 bits per heavy atom. The van der Waals surface area contributed by atoms with Crippen molar-refractivity contribution in [1.29, 1.82) is 0 Å². The van der Waals surface area contributed by atoms with Gasteiger partial charge in [-0.3, -0.25) is 0 Å². The molecule has 1 atom stereocenters. The fraction of sp³-hybridized carbons (Fsp3) is 0.571. The van der Waals surface area contributed by atoms with Crippen LogP contribution in [0.25, 0.3) is 0 Å². The molecule has 1 spiro atoms. The van der Waals surface area contributed by atoms with Gasteiger partial charge >= 0.3 is 0 Å². The van der Waals surface area contributed by atoms with Gasteiger partial charge < -0.3 is 4.74 Å². The normalized spacial score (nSPS) is 26.9. The standard InChI is InChI=1S/C14H19NO5S2/c1-20-9-12-7-8-21(16,17)14(12)10-15(11-14)22(18,19)13-5-3-2-4-6-13/h2-6,12H,7-11H2,1H3/t12-/m0/s1. The van der Waals surface area contributed by atoms with Crippen LogP contribution in [0.2, 0.25) is 0 Å². The smallest absolute Gasteiger partial charge is 0.243 e. The Kier molecular flexibility index (Phi) is 3.83. The lowest BCUT2D eigenvalue weighted by molar-refractivity contribution is 0.0867. The summed E-state index contributed by atoms with van der Waals surface area (Å²) in [5.74, 6) is -0.0232. The molecule has 1 aromatic rings. The van der Waals surface area contributed by atoms with Crippen LogP contribution in [0.3, 0.4) is 0 Å². The van der Waals surface area contributed by atoms with Crippen LogP contribution < -0.4 is 0 Å². The molecule has 2 fully saturated rings. The summed E-state index contributed by atoms with van der Waals surface area (Å²) in [7, 11) is -5.37. The van der Waals surface area contributed by atoms with Crippen molar-refractivity contribution in [3.05, 3.63) is 30.3 Å². The first-order valence-electron chi connectivity index (χ1n) is 7.10. The van der Waals surface area contributed by atoms with Gasteiger partial charge in [-0.15, -0.1) is 0 Å². The molecule has 0 unspecified atom stereocenters. The van der Waals surface area contributed by atoms with E-state index in [1.165, 1.54) is 23.5 Å². The zero-order chi connectivity index (χ0) is 16.0. The van der Waals surface area contributed by atoms with Crippen molar-refractivity contribution in [3.63, 3.8) is 0 Å². The van der Waals surface area contributed by atoms with Crippen LogP contribution in [-0.2, 0) is 24.6 Å². The monoisotopic (exact) mass is 345 g/mol. The topological polar surface area (TPSA) is 80.8 Å². The predicted molar refractivity (Wildman–Crippen MR) is 81.7 cm³/mol. The molecule has 122 valence electrons. The van der Waals surface area contributed by atoms with Gasteiger partial charge in [0.15, 0.2) is 9.84 Å². The van der Waals surface area contributed by atoms with Crippen LogP contribution >= 0.6 is 0 Å². The summed E-state index contributed by atoms with van der Waals surface area (Å²) in [5.41, 5.74) is 0. The van der Waals surface area contributed by atoms with Crippen molar-refractivity contribution in [1.82, 2.24) is 4.31 Å². The molecule has 2 saturated heterocycles. The molecule has 0 saturated carbocycles. The van der Waals surface area contributed by atoms with E-state index in [9.17, 15) is 16.8 Å². The molecular formula is C14H19NO5S2. The van der Waals surface area contributed by atoms with E-state index in [1.807, 2.05) is 0 Å². The lowest BCUT2D eigenvalue weighted by Gasteiger charge is -2.48. The number of rotatable bonds is 4. The second kappa shape index (κ2) is 5.30. The van der Waals surface area contributed by atoms with Crippen LogP contribution in [0.1, 0.15) is 6.42 Å². The van der Waals surface area contributed by atoms with E-state index in [4.69, 9.17) is 4.74 Å². The maximum Gasteiger partial charge on any atom is 0.243 e. The zero-order valence-corrected chi connectivity index (χ0v) is 13.9. The minimum atomic E-state index is -3.63. The van der Waals surface area contributed by atoms with E-state index in [1.54, 1.807) is 18.2 Å². The van der Waals surface area contributed by atoms with Gasteiger partial charge in [0.25, 0.3) is 0 Å². The van der Waals surface area contributed by atoms with Gasteiger partial charge in [-0.25, -0.2) is 16.8 Å². The Balaban J connectivity index is 1.86. The number of benzene rings is 1. The molecule has 0 amide bonds.